The molecule has 0 radical (unpaired) electrons. The van der Waals surface area contributed by atoms with Crippen molar-refractivity contribution in [2.24, 2.45) is 0 Å². The van der Waals surface area contributed by atoms with Gasteiger partial charge in [-0.05, 0) is 5.92 Å². The number of aromatic amines is 1. The second-order valence-corrected chi connectivity index (χ2v) is 4.62. The van der Waals surface area contributed by atoms with Gasteiger partial charge in [-0.25, -0.2) is 0 Å². The molecule has 1 aromatic carbocycles. The Morgan fingerprint density at radius 1 is 1.06 bits per heavy atom. The summed E-state index contributed by atoms with van der Waals surface area (Å²) in [7, 11) is 0. The Morgan fingerprint density at radius 2 is 1.94 bits per heavy atom. The lowest BCUT2D eigenvalue weighted by Gasteiger charge is -2.05. The first-order chi connectivity index (χ1) is 8.75. The summed E-state index contributed by atoms with van der Waals surface area (Å²) in [6, 6.07) is 6.06. The zero-order valence-electron chi connectivity index (χ0n) is 10.4. The van der Waals surface area contributed by atoms with Gasteiger partial charge in [0.25, 0.3) is 0 Å². The highest BCUT2D eigenvalue weighted by molar-refractivity contribution is 5.92. The van der Waals surface area contributed by atoms with Crippen LogP contribution in [-0.2, 0) is 0 Å². The minimum absolute atomic E-state index is 0.398. The van der Waals surface area contributed by atoms with Gasteiger partial charge in [0.15, 0.2) is 0 Å². The van der Waals surface area contributed by atoms with Gasteiger partial charge in [-0.3, -0.25) is 15.1 Å². The van der Waals surface area contributed by atoms with Gasteiger partial charge in [-0.2, -0.15) is 5.10 Å². The first-order valence-electron chi connectivity index (χ1n) is 6.00. The first kappa shape index (κ1) is 10.9. The van der Waals surface area contributed by atoms with Crippen LogP contribution in [0.4, 0.5) is 0 Å². The lowest BCUT2D eigenvalue weighted by molar-refractivity contribution is 0.813. The quantitative estimate of drug-likeness (QED) is 0.746. The number of hydrogen-bond acceptors (Lipinski definition) is 3. The number of H-pyrrole nitrogens is 1. The third-order valence-electron chi connectivity index (χ3n) is 3.02. The maximum absolute atomic E-state index is 4.49. The number of aromatic nitrogens is 4. The average molecular weight is 238 g/mol. The maximum atomic E-state index is 4.49. The van der Waals surface area contributed by atoms with E-state index in [0.29, 0.717) is 5.92 Å². The van der Waals surface area contributed by atoms with Gasteiger partial charge in [0, 0.05) is 17.1 Å². The standard InChI is InChI=1S/C14H14N4/c1-9(2)12-7-16-13(8-15-12)11-5-3-4-10-6-17-18-14(10)11/h3-9H,1-2H3,(H,17,18). The predicted molar refractivity (Wildman–Crippen MR) is 71.2 cm³/mol. The van der Waals surface area contributed by atoms with Crippen LogP contribution in [0, 0.1) is 0 Å². The Kier molecular flexibility index (Phi) is 2.55. The lowest BCUT2D eigenvalue weighted by Crippen LogP contribution is -1.95. The minimum Gasteiger partial charge on any atom is -0.277 e. The van der Waals surface area contributed by atoms with Gasteiger partial charge in [0.05, 0.1) is 29.3 Å². The molecule has 2 heterocycles. The fourth-order valence-electron chi connectivity index (χ4n) is 1.96. The van der Waals surface area contributed by atoms with E-state index in [1.54, 1.807) is 0 Å². The highest BCUT2D eigenvalue weighted by Crippen LogP contribution is 2.25. The monoisotopic (exact) mass is 238 g/mol. The summed E-state index contributed by atoms with van der Waals surface area (Å²) < 4.78 is 0. The highest BCUT2D eigenvalue weighted by Gasteiger charge is 2.08. The zero-order chi connectivity index (χ0) is 12.5. The molecule has 0 fully saturated rings. The molecule has 3 rings (SSSR count). The number of fused-ring (bicyclic) bond motifs is 1. The van der Waals surface area contributed by atoms with E-state index in [0.717, 1.165) is 27.9 Å². The molecule has 0 aliphatic heterocycles. The Balaban J connectivity index is 2.11. The van der Waals surface area contributed by atoms with E-state index in [-0.39, 0.29) is 0 Å². The fourth-order valence-corrected chi connectivity index (χ4v) is 1.96. The smallest absolute Gasteiger partial charge is 0.0907 e. The van der Waals surface area contributed by atoms with Crippen molar-refractivity contribution in [2.75, 3.05) is 0 Å². The largest absolute Gasteiger partial charge is 0.277 e. The van der Waals surface area contributed by atoms with Gasteiger partial charge in [0.1, 0.15) is 0 Å². The summed E-state index contributed by atoms with van der Waals surface area (Å²) in [6.07, 6.45) is 5.48. The summed E-state index contributed by atoms with van der Waals surface area (Å²) in [5.74, 6) is 0.398. The number of rotatable bonds is 2. The molecule has 0 unspecified atom stereocenters. The normalized spacial score (nSPS) is 11.3. The van der Waals surface area contributed by atoms with Gasteiger partial charge in [-0.1, -0.05) is 32.0 Å². The van der Waals surface area contributed by atoms with Crippen LogP contribution < -0.4 is 0 Å². The molecule has 0 saturated carbocycles. The first-order valence-corrected chi connectivity index (χ1v) is 6.00. The van der Waals surface area contributed by atoms with Crippen LogP contribution in [0.3, 0.4) is 0 Å². The van der Waals surface area contributed by atoms with Crippen LogP contribution in [0.2, 0.25) is 0 Å². The Labute approximate surface area is 105 Å². The Bertz CT molecular complexity index is 668. The van der Waals surface area contributed by atoms with Crippen LogP contribution in [0.5, 0.6) is 0 Å². The summed E-state index contributed by atoms with van der Waals surface area (Å²) in [5, 5.41) is 8.15. The second-order valence-electron chi connectivity index (χ2n) is 4.62. The summed E-state index contributed by atoms with van der Waals surface area (Å²) >= 11 is 0. The van der Waals surface area contributed by atoms with E-state index in [1.165, 1.54) is 0 Å². The van der Waals surface area contributed by atoms with Crippen LogP contribution in [-0.4, -0.2) is 20.2 Å². The minimum atomic E-state index is 0.398. The van der Waals surface area contributed by atoms with Crippen molar-refractivity contribution in [3.05, 3.63) is 42.5 Å². The van der Waals surface area contributed by atoms with E-state index >= 15 is 0 Å². The third-order valence-corrected chi connectivity index (χ3v) is 3.02. The highest BCUT2D eigenvalue weighted by atomic mass is 15.1. The van der Waals surface area contributed by atoms with E-state index in [1.807, 2.05) is 36.8 Å². The van der Waals surface area contributed by atoms with Crippen LogP contribution in [0.15, 0.2) is 36.8 Å². The van der Waals surface area contributed by atoms with E-state index < -0.39 is 0 Å². The van der Waals surface area contributed by atoms with Crippen molar-refractivity contribution in [3.8, 4) is 11.3 Å². The summed E-state index contributed by atoms with van der Waals surface area (Å²) in [6.45, 7) is 4.22. The molecule has 4 nitrogen and oxygen atoms in total. The zero-order valence-corrected chi connectivity index (χ0v) is 10.4. The van der Waals surface area contributed by atoms with Crippen LogP contribution in [0.25, 0.3) is 22.2 Å². The molecule has 90 valence electrons. The molecule has 1 N–H and O–H groups in total. The lowest BCUT2D eigenvalue weighted by atomic mass is 10.1. The number of para-hydroxylation sites is 1. The second kappa shape index (κ2) is 4.22. The molecule has 0 aliphatic rings. The van der Waals surface area contributed by atoms with Crippen molar-refractivity contribution in [2.45, 2.75) is 19.8 Å². The molecule has 0 aliphatic carbocycles. The molecule has 3 aromatic rings. The van der Waals surface area contributed by atoms with Crippen LogP contribution >= 0.6 is 0 Å². The van der Waals surface area contributed by atoms with Gasteiger partial charge in [-0.15, -0.1) is 0 Å². The van der Waals surface area contributed by atoms with E-state index in [9.17, 15) is 0 Å². The fraction of sp³-hybridized carbons (Fsp3) is 0.214. The summed E-state index contributed by atoms with van der Waals surface area (Å²) in [4.78, 5) is 8.94. The third kappa shape index (κ3) is 1.76. The molecule has 0 atom stereocenters. The molecule has 0 bridgehead atoms. The van der Waals surface area contributed by atoms with Crippen molar-refractivity contribution in [3.63, 3.8) is 0 Å². The molecule has 0 amide bonds. The topological polar surface area (TPSA) is 54.5 Å². The van der Waals surface area contributed by atoms with Crippen molar-refractivity contribution < 1.29 is 0 Å². The van der Waals surface area contributed by atoms with E-state index in [4.69, 9.17) is 0 Å². The summed E-state index contributed by atoms with van der Waals surface area (Å²) in [5.41, 5.74) is 3.92. The van der Waals surface area contributed by atoms with Gasteiger partial charge in [0.2, 0.25) is 0 Å². The van der Waals surface area contributed by atoms with Crippen molar-refractivity contribution in [1.29, 1.82) is 0 Å². The van der Waals surface area contributed by atoms with Crippen molar-refractivity contribution >= 4 is 10.9 Å². The number of hydrogen-bond donors (Lipinski definition) is 1. The maximum Gasteiger partial charge on any atom is 0.0907 e. The molecule has 0 saturated heterocycles. The molecule has 18 heavy (non-hydrogen) atoms. The van der Waals surface area contributed by atoms with Crippen molar-refractivity contribution in [1.82, 2.24) is 20.2 Å². The molecule has 0 spiro atoms. The van der Waals surface area contributed by atoms with Crippen LogP contribution in [0.1, 0.15) is 25.5 Å². The average Bonchev–Trinajstić information content (AvgIpc) is 2.87. The Morgan fingerprint density at radius 3 is 2.67 bits per heavy atom. The molecule has 2 aromatic heterocycles. The number of nitrogens with zero attached hydrogens (tertiary/aromatic N) is 3. The van der Waals surface area contributed by atoms with Gasteiger partial charge >= 0.3 is 0 Å². The molecular formula is C14H14N4. The predicted octanol–water partition coefficient (Wildman–Crippen LogP) is 3.14. The number of benzene rings is 1. The molecule has 4 heteroatoms. The number of nitrogens with one attached hydrogen (secondary N) is 1. The molecular weight excluding hydrogens is 224 g/mol. The van der Waals surface area contributed by atoms with E-state index in [2.05, 4.69) is 34.0 Å². The SMILES string of the molecule is CC(C)c1cnc(-c2cccc3cn[nH]c23)cn1. The Hall–Kier alpha value is -2.23. The van der Waals surface area contributed by atoms with Gasteiger partial charge < -0.3 is 0 Å².